The van der Waals surface area contributed by atoms with E-state index in [2.05, 4.69) is 0 Å². The Bertz CT molecular complexity index is 1250. The van der Waals surface area contributed by atoms with Gasteiger partial charge in [0.25, 0.3) is 20.2 Å². The van der Waals surface area contributed by atoms with Crippen molar-refractivity contribution in [1.29, 1.82) is 0 Å². The summed E-state index contributed by atoms with van der Waals surface area (Å²) in [6, 6.07) is 3.04. The van der Waals surface area contributed by atoms with E-state index in [4.69, 9.17) is 10.2 Å². The standard InChI is InChI=1S/C14H10O12S3/c15-13(16)7-1-3-9(11(5-7)28(21,22)23)27(19,20)10-4-2-8(14(17)18)6-12(10)29(24,25)26/h1-6H,(H,15,16)(H,17,18)(H,21,22,23)(H,24,25,26). The zero-order valence-corrected chi connectivity index (χ0v) is 16.2. The number of hydrogen-bond donors (Lipinski definition) is 4. The van der Waals surface area contributed by atoms with Gasteiger partial charge >= 0.3 is 11.9 Å². The normalized spacial score (nSPS) is 12.5. The van der Waals surface area contributed by atoms with Crippen LogP contribution in [0.2, 0.25) is 0 Å². The quantitative estimate of drug-likeness (QED) is 0.425. The third kappa shape index (κ3) is 4.43. The molecule has 0 saturated heterocycles. The first kappa shape index (κ1) is 22.4. The van der Waals surface area contributed by atoms with Gasteiger partial charge in [0.2, 0.25) is 9.84 Å². The van der Waals surface area contributed by atoms with Crippen molar-refractivity contribution < 1.29 is 54.2 Å². The molecule has 156 valence electrons. The fourth-order valence-corrected chi connectivity index (χ4v) is 6.11. The number of aromatic carboxylic acids is 2. The number of sulfone groups is 1. The van der Waals surface area contributed by atoms with E-state index in [1.54, 1.807) is 0 Å². The van der Waals surface area contributed by atoms with E-state index >= 15 is 0 Å². The van der Waals surface area contributed by atoms with E-state index in [0.29, 0.717) is 36.4 Å². The van der Waals surface area contributed by atoms with Crippen LogP contribution in [0.4, 0.5) is 0 Å². The van der Waals surface area contributed by atoms with Crippen molar-refractivity contribution in [1.82, 2.24) is 0 Å². The zero-order chi connectivity index (χ0) is 22.4. The van der Waals surface area contributed by atoms with E-state index in [0.717, 1.165) is 0 Å². The van der Waals surface area contributed by atoms with Crippen LogP contribution in [0.1, 0.15) is 20.7 Å². The number of benzene rings is 2. The molecule has 29 heavy (non-hydrogen) atoms. The second-order valence-electron chi connectivity index (χ2n) is 5.39. The van der Waals surface area contributed by atoms with E-state index in [1.807, 2.05) is 0 Å². The lowest BCUT2D eigenvalue weighted by molar-refractivity contribution is 0.0685. The lowest BCUT2D eigenvalue weighted by atomic mass is 10.2. The predicted octanol–water partition coefficient (Wildman–Crippen LogP) is 0.409. The van der Waals surface area contributed by atoms with Crippen LogP contribution in [0.3, 0.4) is 0 Å². The van der Waals surface area contributed by atoms with E-state index in [9.17, 15) is 43.9 Å². The molecule has 0 saturated carbocycles. The van der Waals surface area contributed by atoms with Crippen LogP contribution in [0, 0.1) is 0 Å². The van der Waals surface area contributed by atoms with Gasteiger partial charge in [-0.2, -0.15) is 16.8 Å². The van der Waals surface area contributed by atoms with E-state index in [-0.39, 0.29) is 0 Å². The predicted molar refractivity (Wildman–Crippen MR) is 91.9 cm³/mol. The summed E-state index contributed by atoms with van der Waals surface area (Å²) in [4.78, 5) is 16.9. The molecule has 15 heteroatoms. The summed E-state index contributed by atoms with van der Waals surface area (Å²) in [5.41, 5.74) is -1.40. The van der Waals surface area contributed by atoms with Crippen molar-refractivity contribution in [2.75, 3.05) is 0 Å². The lowest BCUT2D eigenvalue weighted by Gasteiger charge is -2.12. The van der Waals surface area contributed by atoms with Crippen molar-refractivity contribution in [3.63, 3.8) is 0 Å². The third-order valence-corrected chi connectivity index (χ3v) is 7.43. The fourth-order valence-electron chi connectivity index (χ4n) is 2.25. The fraction of sp³-hybridized carbons (Fsp3) is 0. The average molecular weight is 466 g/mol. The second kappa shape index (κ2) is 7.20. The molecule has 0 amide bonds. The Morgan fingerprint density at radius 1 is 0.586 bits per heavy atom. The van der Waals surface area contributed by atoms with Crippen LogP contribution >= 0.6 is 0 Å². The van der Waals surface area contributed by atoms with Gasteiger partial charge in [0.1, 0.15) is 9.79 Å². The van der Waals surface area contributed by atoms with Gasteiger partial charge in [0.05, 0.1) is 20.9 Å². The third-order valence-electron chi connectivity index (χ3n) is 3.52. The molecule has 0 bridgehead atoms. The summed E-state index contributed by atoms with van der Waals surface area (Å²) in [5, 5.41) is 17.9. The van der Waals surface area contributed by atoms with Crippen LogP contribution in [-0.2, 0) is 30.1 Å². The van der Waals surface area contributed by atoms with Crippen LogP contribution < -0.4 is 0 Å². The van der Waals surface area contributed by atoms with Gasteiger partial charge < -0.3 is 10.2 Å². The number of carbonyl (C=O) groups is 2. The zero-order valence-electron chi connectivity index (χ0n) is 13.7. The van der Waals surface area contributed by atoms with Gasteiger partial charge in [-0.1, -0.05) is 0 Å². The van der Waals surface area contributed by atoms with Gasteiger partial charge in [-0.25, -0.2) is 18.0 Å². The first-order chi connectivity index (χ1) is 13.1. The van der Waals surface area contributed by atoms with Gasteiger partial charge in [-0.3, -0.25) is 9.11 Å². The minimum atomic E-state index is -5.30. The molecule has 0 aliphatic rings. The molecular weight excluding hydrogens is 456 g/mol. The Morgan fingerprint density at radius 2 is 0.897 bits per heavy atom. The summed E-state index contributed by atoms with van der Waals surface area (Å²) in [6.07, 6.45) is 0. The molecule has 0 spiro atoms. The summed E-state index contributed by atoms with van der Waals surface area (Å²) in [5.74, 6) is -3.30. The Balaban J connectivity index is 2.95. The van der Waals surface area contributed by atoms with Crippen LogP contribution in [0.15, 0.2) is 56.0 Å². The molecule has 0 fully saturated rings. The minimum absolute atomic E-state index is 0.337. The van der Waals surface area contributed by atoms with E-state index in [1.165, 1.54) is 0 Å². The van der Waals surface area contributed by atoms with Crippen LogP contribution in [0.25, 0.3) is 0 Å². The Hall–Kier alpha value is -2.85. The second-order valence-corrected chi connectivity index (χ2v) is 10.1. The molecule has 2 aromatic rings. The topological polar surface area (TPSA) is 217 Å². The number of carboxylic acids is 2. The van der Waals surface area contributed by atoms with Crippen LogP contribution in [-0.4, -0.2) is 56.5 Å². The maximum Gasteiger partial charge on any atom is 0.335 e. The molecule has 2 aromatic carbocycles. The summed E-state index contributed by atoms with van der Waals surface area (Å²) >= 11 is 0. The Morgan fingerprint density at radius 3 is 1.14 bits per heavy atom. The van der Waals surface area contributed by atoms with Crippen molar-refractivity contribution in [2.24, 2.45) is 0 Å². The first-order valence-electron chi connectivity index (χ1n) is 7.01. The highest BCUT2D eigenvalue weighted by Gasteiger charge is 2.33. The SMILES string of the molecule is O=C(O)c1ccc(S(=O)(=O)c2ccc(C(=O)O)cc2S(=O)(=O)O)c(S(=O)(=O)O)c1. The molecule has 0 radical (unpaired) electrons. The number of hydrogen-bond acceptors (Lipinski definition) is 8. The highest BCUT2D eigenvalue weighted by molar-refractivity contribution is 7.94. The largest absolute Gasteiger partial charge is 0.478 e. The lowest BCUT2D eigenvalue weighted by Crippen LogP contribution is -2.15. The van der Waals surface area contributed by atoms with Gasteiger partial charge in [0, 0.05) is 0 Å². The maximum atomic E-state index is 12.9. The molecular formula is C14H10O12S3. The van der Waals surface area contributed by atoms with Crippen molar-refractivity contribution >= 4 is 42.0 Å². The van der Waals surface area contributed by atoms with Crippen molar-refractivity contribution in [3.05, 3.63) is 47.5 Å². The smallest absolute Gasteiger partial charge is 0.335 e. The molecule has 0 unspecified atom stereocenters. The van der Waals surface area contributed by atoms with Crippen LogP contribution in [0.5, 0.6) is 0 Å². The van der Waals surface area contributed by atoms with Crippen molar-refractivity contribution in [3.8, 4) is 0 Å². The highest BCUT2D eigenvalue weighted by atomic mass is 32.2. The molecule has 0 aliphatic heterocycles. The highest BCUT2D eigenvalue weighted by Crippen LogP contribution is 2.32. The van der Waals surface area contributed by atoms with E-state index < -0.39 is 72.7 Å². The van der Waals surface area contributed by atoms with Gasteiger partial charge in [0.15, 0.2) is 0 Å². The number of rotatable bonds is 6. The first-order valence-corrected chi connectivity index (χ1v) is 11.4. The van der Waals surface area contributed by atoms with Gasteiger partial charge in [-0.05, 0) is 36.4 Å². The summed E-state index contributed by atoms with van der Waals surface area (Å²) < 4.78 is 90.7. The average Bonchev–Trinajstić information content (AvgIpc) is 2.59. The number of carboxylic acid groups (broad SMARTS) is 2. The van der Waals surface area contributed by atoms with Crippen molar-refractivity contribution in [2.45, 2.75) is 19.6 Å². The molecule has 12 nitrogen and oxygen atoms in total. The summed E-state index contributed by atoms with van der Waals surface area (Å²) in [6.45, 7) is 0. The molecule has 4 N–H and O–H groups in total. The Kier molecular flexibility index (Phi) is 5.57. The summed E-state index contributed by atoms with van der Waals surface area (Å²) in [7, 11) is -15.7. The maximum absolute atomic E-state index is 12.9. The molecule has 2 rings (SSSR count). The van der Waals surface area contributed by atoms with Gasteiger partial charge in [-0.15, -0.1) is 0 Å². The molecule has 0 aliphatic carbocycles. The monoisotopic (exact) mass is 466 g/mol. The Labute approximate surface area is 163 Å². The molecule has 0 atom stereocenters. The molecule has 0 aromatic heterocycles. The minimum Gasteiger partial charge on any atom is -0.478 e. The molecule has 0 heterocycles.